The summed E-state index contributed by atoms with van der Waals surface area (Å²) in [7, 11) is -1.41. The van der Waals surface area contributed by atoms with E-state index in [4.69, 9.17) is 9.16 Å². The lowest BCUT2D eigenvalue weighted by Crippen LogP contribution is -2.53. The molecule has 6 heteroatoms. The molecule has 1 fully saturated rings. The van der Waals surface area contributed by atoms with Gasteiger partial charge in [-0.1, -0.05) is 33.4 Å². The topological polar surface area (TPSA) is 51.7 Å². The summed E-state index contributed by atoms with van der Waals surface area (Å²) in [4.78, 5) is 18.8. The van der Waals surface area contributed by atoms with E-state index < -0.39 is 14.8 Å². The molecule has 5 nitrogen and oxygen atoms in total. The van der Waals surface area contributed by atoms with Crippen molar-refractivity contribution >= 4 is 15.1 Å². The SMILES string of the molecule is C=CCOC(=O)N1C[C@@H](C(C)(C)C)C[C@]1(Cc1ccncc1)O[SiH](C)C. The van der Waals surface area contributed by atoms with Crippen LogP contribution in [0.25, 0.3) is 0 Å². The lowest BCUT2D eigenvalue weighted by atomic mass is 9.78. The second kappa shape index (κ2) is 8.35. The molecular formula is C20H32N2O3Si. The predicted octanol–water partition coefficient (Wildman–Crippen LogP) is 4.01. The number of ether oxygens (including phenoxy) is 1. The lowest BCUT2D eigenvalue weighted by molar-refractivity contribution is -0.0508. The van der Waals surface area contributed by atoms with Gasteiger partial charge in [0.25, 0.3) is 0 Å². The van der Waals surface area contributed by atoms with Gasteiger partial charge in [-0.05, 0) is 48.5 Å². The summed E-state index contributed by atoms with van der Waals surface area (Å²) in [5.74, 6) is 0.341. The maximum Gasteiger partial charge on any atom is 0.412 e. The third-order valence-corrected chi connectivity index (χ3v) is 5.82. The van der Waals surface area contributed by atoms with Gasteiger partial charge in [0, 0.05) is 25.4 Å². The van der Waals surface area contributed by atoms with Crippen molar-refractivity contribution in [3.05, 3.63) is 42.7 Å². The minimum atomic E-state index is -1.41. The number of aromatic nitrogens is 1. The number of hydrogen-bond acceptors (Lipinski definition) is 4. The maximum absolute atomic E-state index is 12.8. The minimum absolute atomic E-state index is 0.0822. The second-order valence-corrected chi connectivity index (χ2v) is 10.7. The van der Waals surface area contributed by atoms with Crippen molar-refractivity contribution < 1.29 is 14.0 Å². The van der Waals surface area contributed by atoms with Gasteiger partial charge >= 0.3 is 6.09 Å². The van der Waals surface area contributed by atoms with Crippen LogP contribution in [0.2, 0.25) is 13.1 Å². The van der Waals surface area contributed by atoms with Gasteiger partial charge in [0.1, 0.15) is 12.3 Å². The van der Waals surface area contributed by atoms with Gasteiger partial charge in [-0.3, -0.25) is 9.88 Å². The summed E-state index contributed by atoms with van der Waals surface area (Å²) < 4.78 is 12.0. The van der Waals surface area contributed by atoms with E-state index >= 15 is 0 Å². The van der Waals surface area contributed by atoms with Gasteiger partial charge in [0.2, 0.25) is 0 Å². The smallest absolute Gasteiger partial charge is 0.412 e. The number of pyridine rings is 1. The molecular weight excluding hydrogens is 344 g/mol. The Kier molecular flexibility index (Phi) is 6.63. The summed E-state index contributed by atoms with van der Waals surface area (Å²) in [6.07, 6.45) is 6.31. The van der Waals surface area contributed by atoms with Crippen LogP contribution in [0, 0.1) is 11.3 Å². The first-order valence-electron chi connectivity index (χ1n) is 9.30. The first-order chi connectivity index (χ1) is 12.2. The largest absolute Gasteiger partial charge is 0.445 e. The molecule has 0 radical (unpaired) electrons. The van der Waals surface area contributed by atoms with Crippen LogP contribution in [0.5, 0.6) is 0 Å². The summed E-state index contributed by atoms with van der Waals surface area (Å²) in [5, 5.41) is 0. The average Bonchev–Trinajstić information content (AvgIpc) is 2.92. The zero-order chi connectivity index (χ0) is 19.4. The molecule has 0 N–H and O–H groups in total. The van der Waals surface area contributed by atoms with Crippen molar-refractivity contribution in [2.75, 3.05) is 13.2 Å². The summed E-state index contributed by atoms with van der Waals surface area (Å²) in [6, 6.07) is 3.98. The van der Waals surface area contributed by atoms with E-state index in [0.29, 0.717) is 18.9 Å². The van der Waals surface area contributed by atoms with Crippen molar-refractivity contribution in [1.29, 1.82) is 0 Å². The van der Waals surface area contributed by atoms with Crippen molar-refractivity contribution in [2.24, 2.45) is 11.3 Å². The molecule has 0 saturated carbocycles. The Morgan fingerprint density at radius 3 is 2.62 bits per heavy atom. The quantitative estimate of drug-likeness (QED) is 0.556. The van der Waals surface area contributed by atoms with Crippen molar-refractivity contribution in [3.8, 4) is 0 Å². The molecule has 0 spiro atoms. The molecule has 144 valence electrons. The number of rotatable bonds is 6. The van der Waals surface area contributed by atoms with Crippen molar-refractivity contribution in [1.82, 2.24) is 9.88 Å². The van der Waals surface area contributed by atoms with Gasteiger partial charge < -0.3 is 9.16 Å². The number of hydrogen-bond donors (Lipinski definition) is 0. The highest BCUT2D eigenvalue weighted by Gasteiger charge is 2.52. The molecule has 1 saturated heterocycles. The Labute approximate surface area is 159 Å². The Bertz CT molecular complexity index is 615. The summed E-state index contributed by atoms with van der Waals surface area (Å²) >= 11 is 0. The molecule has 2 heterocycles. The third-order valence-electron chi connectivity index (χ3n) is 4.91. The Morgan fingerprint density at radius 2 is 2.08 bits per heavy atom. The Morgan fingerprint density at radius 1 is 1.42 bits per heavy atom. The van der Waals surface area contributed by atoms with Gasteiger partial charge in [-0.25, -0.2) is 4.79 Å². The Balaban J connectivity index is 2.40. The van der Waals surface area contributed by atoms with Crippen LogP contribution >= 0.6 is 0 Å². The van der Waals surface area contributed by atoms with Crippen LogP contribution in [0.15, 0.2) is 37.2 Å². The molecule has 0 aromatic carbocycles. The van der Waals surface area contributed by atoms with E-state index in [0.717, 1.165) is 12.0 Å². The minimum Gasteiger partial charge on any atom is -0.445 e. The summed E-state index contributed by atoms with van der Waals surface area (Å²) in [6.45, 7) is 15.4. The molecule has 1 aliphatic rings. The first-order valence-corrected chi connectivity index (χ1v) is 12.1. The van der Waals surface area contributed by atoms with Crippen molar-refractivity contribution in [3.63, 3.8) is 0 Å². The maximum atomic E-state index is 12.8. The van der Waals surface area contributed by atoms with E-state index in [-0.39, 0.29) is 18.1 Å². The van der Waals surface area contributed by atoms with Crippen LogP contribution in [0.4, 0.5) is 4.79 Å². The average molecular weight is 377 g/mol. The van der Waals surface area contributed by atoms with Gasteiger partial charge in [0.15, 0.2) is 9.04 Å². The normalized spacial score (nSPS) is 23.3. The fourth-order valence-electron chi connectivity index (χ4n) is 3.55. The Hall–Kier alpha value is -1.66. The van der Waals surface area contributed by atoms with Crippen LogP contribution in [-0.4, -0.2) is 43.9 Å². The van der Waals surface area contributed by atoms with Gasteiger partial charge in [-0.15, -0.1) is 0 Å². The van der Waals surface area contributed by atoms with E-state index in [9.17, 15) is 4.79 Å². The molecule has 1 aliphatic heterocycles. The molecule has 1 amide bonds. The van der Waals surface area contributed by atoms with Crippen LogP contribution < -0.4 is 0 Å². The van der Waals surface area contributed by atoms with Crippen molar-refractivity contribution in [2.45, 2.75) is 52.4 Å². The fourth-order valence-corrected chi connectivity index (χ4v) is 4.74. The molecule has 0 unspecified atom stereocenters. The van der Waals surface area contributed by atoms with Gasteiger partial charge in [0.05, 0.1) is 0 Å². The van der Waals surface area contributed by atoms with Gasteiger partial charge in [-0.2, -0.15) is 0 Å². The molecule has 1 aromatic heterocycles. The zero-order valence-electron chi connectivity index (χ0n) is 16.7. The fraction of sp³-hybridized carbons (Fsp3) is 0.600. The van der Waals surface area contributed by atoms with E-state index in [2.05, 4.69) is 45.4 Å². The highest BCUT2D eigenvalue weighted by Crippen LogP contribution is 2.45. The van der Waals surface area contributed by atoms with E-state index in [1.807, 2.05) is 17.0 Å². The number of carbonyl (C=O) groups excluding carboxylic acids is 1. The number of amides is 1. The third kappa shape index (κ3) is 4.95. The van der Waals surface area contributed by atoms with Crippen LogP contribution in [0.3, 0.4) is 0 Å². The number of likely N-dealkylation sites (tertiary alicyclic amines) is 1. The summed E-state index contributed by atoms with van der Waals surface area (Å²) in [5.41, 5.74) is 0.544. The number of carbonyl (C=O) groups is 1. The molecule has 1 aromatic rings. The zero-order valence-corrected chi connectivity index (χ0v) is 17.9. The second-order valence-electron chi connectivity index (χ2n) is 8.39. The lowest BCUT2D eigenvalue weighted by Gasteiger charge is -2.39. The molecule has 2 atom stereocenters. The van der Waals surface area contributed by atoms with E-state index in [1.165, 1.54) is 0 Å². The predicted molar refractivity (Wildman–Crippen MR) is 106 cm³/mol. The molecule has 0 bridgehead atoms. The molecule has 2 rings (SSSR count). The first kappa shape index (κ1) is 20.6. The molecule has 0 aliphatic carbocycles. The van der Waals surface area contributed by atoms with Crippen LogP contribution in [0.1, 0.15) is 32.8 Å². The monoisotopic (exact) mass is 376 g/mol. The standard InChI is InChI=1S/C20H32N2O3Si/c1-7-12-24-18(23)22-15-17(19(2,3)4)14-20(22,25-26(5)6)13-16-8-10-21-11-9-16/h7-11,17,26H,1,12-15H2,2-6H3/t17-,20-/m0/s1. The molecule has 26 heavy (non-hydrogen) atoms. The van der Waals surface area contributed by atoms with Crippen LogP contribution in [-0.2, 0) is 15.6 Å². The highest BCUT2D eigenvalue weighted by molar-refractivity contribution is 6.48. The van der Waals surface area contributed by atoms with E-state index in [1.54, 1.807) is 18.5 Å². The highest BCUT2D eigenvalue weighted by atomic mass is 28.3. The number of nitrogens with zero attached hydrogens (tertiary/aromatic N) is 2.